The van der Waals surface area contributed by atoms with Crippen LogP contribution < -0.4 is 5.32 Å². The molecule has 0 amide bonds. The van der Waals surface area contributed by atoms with E-state index in [2.05, 4.69) is 24.3 Å². The molecular formula is C16H23N5. The number of fused-ring (bicyclic) bond motifs is 1. The molecule has 21 heavy (non-hydrogen) atoms. The van der Waals surface area contributed by atoms with E-state index in [4.69, 9.17) is 9.97 Å². The standard InChI is InChI=1S/C16H23N5/c1-4-13-12(10-21(3)20-13)16-18-14-9-7-6-8-11(14)15(19-16)17-5-2/h10H,4-9H2,1-3H3,(H,17,18,19). The molecule has 0 saturated heterocycles. The normalized spacial score (nSPS) is 14.0. The van der Waals surface area contributed by atoms with Gasteiger partial charge in [-0.25, -0.2) is 9.97 Å². The first-order valence-electron chi connectivity index (χ1n) is 7.89. The molecule has 0 unspecified atom stereocenters. The van der Waals surface area contributed by atoms with E-state index in [-0.39, 0.29) is 0 Å². The first kappa shape index (κ1) is 14.0. The average Bonchev–Trinajstić information content (AvgIpc) is 2.88. The van der Waals surface area contributed by atoms with Crippen LogP contribution in [0.25, 0.3) is 11.4 Å². The number of hydrogen-bond donors (Lipinski definition) is 1. The second-order valence-corrected chi connectivity index (χ2v) is 5.58. The zero-order chi connectivity index (χ0) is 14.8. The van der Waals surface area contributed by atoms with Crippen molar-refractivity contribution in [1.29, 1.82) is 0 Å². The highest BCUT2D eigenvalue weighted by atomic mass is 15.3. The third-order valence-corrected chi connectivity index (χ3v) is 4.01. The van der Waals surface area contributed by atoms with Crippen molar-refractivity contribution in [2.24, 2.45) is 7.05 Å². The van der Waals surface area contributed by atoms with Crippen molar-refractivity contribution >= 4 is 5.82 Å². The fourth-order valence-electron chi connectivity index (χ4n) is 3.01. The van der Waals surface area contributed by atoms with Gasteiger partial charge in [-0.2, -0.15) is 5.10 Å². The monoisotopic (exact) mass is 285 g/mol. The minimum Gasteiger partial charge on any atom is -0.370 e. The second-order valence-electron chi connectivity index (χ2n) is 5.58. The molecule has 5 heteroatoms. The van der Waals surface area contributed by atoms with Gasteiger partial charge in [0.1, 0.15) is 5.82 Å². The molecular weight excluding hydrogens is 262 g/mol. The lowest BCUT2D eigenvalue weighted by molar-refractivity contribution is 0.664. The maximum Gasteiger partial charge on any atom is 0.165 e. The van der Waals surface area contributed by atoms with Gasteiger partial charge in [0.25, 0.3) is 0 Å². The van der Waals surface area contributed by atoms with E-state index in [1.807, 2.05) is 17.9 Å². The van der Waals surface area contributed by atoms with Gasteiger partial charge in [0.05, 0.1) is 11.3 Å². The Balaban J connectivity index is 2.12. The molecule has 1 aliphatic rings. The lowest BCUT2D eigenvalue weighted by Gasteiger charge is -2.19. The Morgan fingerprint density at radius 3 is 2.76 bits per heavy atom. The number of hydrogen-bond acceptors (Lipinski definition) is 4. The molecule has 1 N–H and O–H groups in total. The zero-order valence-corrected chi connectivity index (χ0v) is 13.1. The molecule has 1 aliphatic carbocycles. The van der Waals surface area contributed by atoms with Crippen molar-refractivity contribution in [2.45, 2.75) is 46.0 Å². The van der Waals surface area contributed by atoms with Gasteiger partial charge in [-0.15, -0.1) is 0 Å². The minimum absolute atomic E-state index is 0.816. The predicted octanol–water partition coefficient (Wildman–Crippen LogP) is 2.75. The molecule has 0 radical (unpaired) electrons. The molecule has 0 aliphatic heterocycles. The van der Waals surface area contributed by atoms with E-state index >= 15 is 0 Å². The van der Waals surface area contributed by atoms with Crippen LogP contribution in [0.15, 0.2) is 6.20 Å². The molecule has 2 heterocycles. The van der Waals surface area contributed by atoms with Crippen molar-refractivity contribution < 1.29 is 0 Å². The summed E-state index contributed by atoms with van der Waals surface area (Å²) >= 11 is 0. The number of anilines is 1. The van der Waals surface area contributed by atoms with Crippen molar-refractivity contribution in [3.8, 4) is 11.4 Å². The smallest absolute Gasteiger partial charge is 0.165 e. The Morgan fingerprint density at radius 1 is 1.19 bits per heavy atom. The number of aryl methyl sites for hydroxylation is 3. The largest absolute Gasteiger partial charge is 0.370 e. The Hall–Kier alpha value is -1.91. The number of rotatable bonds is 4. The van der Waals surface area contributed by atoms with Gasteiger partial charge in [-0.05, 0) is 39.0 Å². The summed E-state index contributed by atoms with van der Waals surface area (Å²) in [6, 6.07) is 0. The van der Waals surface area contributed by atoms with E-state index in [0.29, 0.717) is 0 Å². The van der Waals surface area contributed by atoms with E-state index in [9.17, 15) is 0 Å². The van der Waals surface area contributed by atoms with Crippen LogP contribution in [0.5, 0.6) is 0 Å². The zero-order valence-electron chi connectivity index (χ0n) is 13.1. The van der Waals surface area contributed by atoms with Crippen LogP contribution in [0.4, 0.5) is 5.82 Å². The van der Waals surface area contributed by atoms with Gasteiger partial charge in [0, 0.05) is 31.0 Å². The summed E-state index contributed by atoms with van der Waals surface area (Å²) in [5.41, 5.74) is 4.66. The number of nitrogens with zero attached hydrogens (tertiary/aromatic N) is 4. The molecule has 112 valence electrons. The van der Waals surface area contributed by atoms with Crippen molar-refractivity contribution in [3.63, 3.8) is 0 Å². The van der Waals surface area contributed by atoms with Crippen LogP contribution in [0.3, 0.4) is 0 Å². The number of aromatic nitrogens is 4. The molecule has 5 nitrogen and oxygen atoms in total. The van der Waals surface area contributed by atoms with Crippen LogP contribution in [0.2, 0.25) is 0 Å². The number of nitrogens with one attached hydrogen (secondary N) is 1. The van der Waals surface area contributed by atoms with Crippen LogP contribution in [-0.2, 0) is 26.3 Å². The van der Waals surface area contributed by atoms with Crippen molar-refractivity contribution in [1.82, 2.24) is 19.7 Å². The van der Waals surface area contributed by atoms with Gasteiger partial charge in [0.2, 0.25) is 0 Å². The Labute approximate surface area is 125 Å². The third kappa shape index (κ3) is 2.64. The highest BCUT2D eigenvalue weighted by Crippen LogP contribution is 2.29. The average molecular weight is 285 g/mol. The first-order chi connectivity index (χ1) is 10.2. The molecule has 2 aromatic heterocycles. The lowest BCUT2D eigenvalue weighted by atomic mass is 9.96. The molecule has 0 aromatic carbocycles. The molecule has 0 bridgehead atoms. The summed E-state index contributed by atoms with van der Waals surface area (Å²) in [7, 11) is 1.95. The summed E-state index contributed by atoms with van der Waals surface area (Å²) in [4.78, 5) is 9.64. The fourth-order valence-corrected chi connectivity index (χ4v) is 3.01. The summed E-state index contributed by atoms with van der Waals surface area (Å²) in [6.07, 6.45) is 7.53. The van der Waals surface area contributed by atoms with Gasteiger partial charge < -0.3 is 5.32 Å². The van der Waals surface area contributed by atoms with Gasteiger partial charge in [0.15, 0.2) is 5.82 Å². The topological polar surface area (TPSA) is 55.6 Å². The molecule has 3 rings (SSSR count). The Morgan fingerprint density at radius 2 is 2.00 bits per heavy atom. The Bertz CT molecular complexity index is 644. The predicted molar refractivity (Wildman–Crippen MR) is 84.4 cm³/mol. The maximum atomic E-state index is 4.84. The van der Waals surface area contributed by atoms with E-state index in [1.54, 1.807) is 0 Å². The van der Waals surface area contributed by atoms with Gasteiger partial charge in [-0.3, -0.25) is 4.68 Å². The van der Waals surface area contributed by atoms with Crippen molar-refractivity contribution in [2.75, 3.05) is 11.9 Å². The summed E-state index contributed by atoms with van der Waals surface area (Å²) in [5.74, 6) is 1.83. The van der Waals surface area contributed by atoms with Gasteiger partial charge in [-0.1, -0.05) is 6.92 Å². The Kier molecular flexibility index (Phi) is 3.90. The molecule has 0 atom stereocenters. The second kappa shape index (κ2) is 5.84. The highest BCUT2D eigenvalue weighted by molar-refractivity contribution is 5.62. The SMILES string of the molecule is CCNc1nc(-c2cn(C)nc2CC)nc2c1CCCC2. The van der Waals surface area contributed by atoms with Crippen LogP contribution in [-0.4, -0.2) is 26.3 Å². The molecule has 0 spiro atoms. The summed E-state index contributed by atoms with van der Waals surface area (Å²) < 4.78 is 1.85. The van der Waals surface area contributed by atoms with Gasteiger partial charge >= 0.3 is 0 Å². The summed E-state index contributed by atoms with van der Waals surface area (Å²) in [5, 5.41) is 7.92. The van der Waals surface area contributed by atoms with Crippen LogP contribution in [0.1, 0.15) is 43.6 Å². The first-order valence-corrected chi connectivity index (χ1v) is 7.89. The fraction of sp³-hybridized carbons (Fsp3) is 0.562. The van der Waals surface area contributed by atoms with Crippen LogP contribution in [0, 0.1) is 0 Å². The molecule has 0 fully saturated rings. The van der Waals surface area contributed by atoms with E-state index in [0.717, 1.165) is 48.7 Å². The molecule has 0 saturated carbocycles. The molecule has 2 aromatic rings. The maximum absolute atomic E-state index is 4.84. The van der Waals surface area contributed by atoms with Crippen molar-refractivity contribution in [3.05, 3.63) is 23.1 Å². The lowest BCUT2D eigenvalue weighted by Crippen LogP contribution is -2.13. The minimum atomic E-state index is 0.816. The van der Waals surface area contributed by atoms with Crippen LogP contribution >= 0.6 is 0 Å². The third-order valence-electron chi connectivity index (χ3n) is 4.01. The quantitative estimate of drug-likeness (QED) is 0.938. The summed E-state index contributed by atoms with van der Waals surface area (Å²) in [6.45, 7) is 5.12. The van der Waals surface area contributed by atoms with E-state index in [1.165, 1.54) is 24.1 Å². The van der Waals surface area contributed by atoms with E-state index < -0.39 is 0 Å². The highest BCUT2D eigenvalue weighted by Gasteiger charge is 2.20.